The van der Waals surface area contributed by atoms with Gasteiger partial charge in [0.2, 0.25) is 0 Å². The Morgan fingerprint density at radius 3 is 2.31 bits per heavy atom. The number of hydrogen-bond acceptors (Lipinski definition) is 3. The van der Waals surface area contributed by atoms with Gasteiger partial charge >= 0.3 is 0 Å². The van der Waals surface area contributed by atoms with Gasteiger partial charge in [0, 0.05) is 5.75 Å². The molecule has 0 radical (unpaired) electrons. The Balaban J connectivity index is 3.90. The lowest BCUT2D eigenvalue weighted by atomic mass is 9.90. The maximum absolute atomic E-state index is 11.1. The predicted octanol–water partition coefficient (Wildman–Crippen LogP) is 1.75. The van der Waals surface area contributed by atoms with Crippen LogP contribution in [0.25, 0.3) is 0 Å². The Morgan fingerprint density at radius 1 is 1.38 bits per heavy atom. The van der Waals surface area contributed by atoms with E-state index in [1.54, 1.807) is 6.92 Å². The molecule has 0 unspecified atom stereocenters. The minimum atomic E-state index is -2.86. The fraction of sp³-hybridized carbons (Fsp3) is 0.889. The molecule has 0 N–H and O–H groups in total. The first-order valence-corrected chi connectivity index (χ1v) is 6.27. The van der Waals surface area contributed by atoms with Crippen LogP contribution >= 0.6 is 0 Å². The SMILES string of the molecule is CCS(=O)(=O)CCCC(C)(C)C#N. The summed E-state index contributed by atoms with van der Waals surface area (Å²) in [4.78, 5) is 0. The average Bonchev–Trinajstić information content (AvgIpc) is 2.04. The highest BCUT2D eigenvalue weighted by Crippen LogP contribution is 2.20. The van der Waals surface area contributed by atoms with Gasteiger partial charge in [-0.1, -0.05) is 6.92 Å². The van der Waals surface area contributed by atoms with E-state index < -0.39 is 15.3 Å². The van der Waals surface area contributed by atoms with Gasteiger partial charge in [-0.2, -0.15) is 5.26 Å². The first kappa shape index (κ1) is 12.4. The van der Waals surface area contributed by atoms with Gasteiger partial charge in [0.1, 0.15) is 9.84 Å². The van der Waals surface area contributed by atoms with Crippen LogP contribution in [0.3, 0.4) is 0 Å². The highest BCUT2D eigenvalue weighted by atomic mass is 32.2. The second kappa shape index (κ2) is 4.61. The van der Waals surface area contributed by atoms with Crippen LogP contribution in [0.2, 0.25) is 0 Å². The van der Waals surface area contributed by atoms with Crippen molar-refractivity contribution in [2.45, 2.75) is 33.6 Å². The molecule has 0 heterocycles. The fourth-order valence-electron chi connectivity index (χ4n) is 0.934. The lowest BCUT2D eigenvalue weighted by molar-refractivity contribution is 0.445. The molecule has 0 bridgehead atoms. The molecule has 4 heteroatoms. The van der Waals surface area contributed by atoms with Gasteiger partial charge in [-0.15, -0.1) is 0 Å². The largest absolute Gasteiger partial charge is 0.229 e. The van der Waals surface area contributed by atoms with Gasteiger partial charge in [0.25, 0.3) is 0 Å². The average molecular weight is 203 g/mol. The Morgan fingerprint density at radius 2 is 1.92 bits per heavy atom. The Labute approximate surface area is 80.7 Å². The van der Waals surface area contributed by atoms with Crippen LogP contribution in [0, 0.1) is 16.7 Å². The van der Waals surface area contributed by atoms with E-state index in [4.69, 9.17) is 5.26 Å². The third-order valence-corrected chi connectivity index (χ3v) is 3.79. The van der Waals surface area contributed by atoms with Crippen molar-refractivity contribution in [1.29, 1.82) is 5.26 Å². The van der Waals surface area contributed by atoms with E-state index in [0.717, 1.165) is 0 Å². The molecule has 0 atom stereocenters. The third kappa shape index (κ3) is 5.64. The van der Waals surface area contributed by atoms with Crippen molar-refractivity contribution in [1.82, 2.24) is 0 Å². The standard InChI is InChI=1S/C9H17NO2S/c1-4-13(11,12)7-5-6-9(2,3)8-10/h4-7H2,1-3H3. The van der Waals surface area contributed by atoms with Crippen molar-refractivity contribution >= 4 is 9.84 Å². The molecular weight excluding hydrogens is 186 g/mol. The van der Waals surface area contributed by atoms with Crippen molar-refractivity contribution in [2.75, 3.05) is 11.5 Å². The highest BCUT2D eigenvalue weighted by Gasteiger charge is 2.17. The van der Waals surface area contributed by atoms with Crippen LogP contribution in [-0.4, -0.2) is 19.9 Å². The minimum Gasteiger partial charge on any atom is -0.229 e. The summed E-state index contributed by atoms with van der Waals surface area (Å²) < 4.78 is 22.2. The molecule has 76 valence electrons. The zero-order chi connectivity index (χ0) is 10.5. The molecular formula is C9H17NO2S. The zero-order valence-electron chi connectivity index (χ0n) is 8.50. The first-order valence-electron chi connectivity index (χ1n) is 4.44. The molecule has 0 aromatic carbocycles. The van der Waals surface area contributed by atoms with Crippen molar-refractivity contribution in [2.24, 2.45) is 5.41 Å². The van der Waals surface area contributed by atoms with Gasteiger partial charge in [0.15, 0.2) is 0 Å². The van der Waals surface area contributed by atoms with Crippen LogP contribution in [-0.2, 0) is 9.84 Å². The molecule has 0 rings (SSSR count). The minimum absolute atomic E-state index is 0.194. The Bertz CT molecular complexity index is 285. The van der Waals surface area contributed by atoms with E-state index in [0.29, 0.717) is 12.8 Å². The quantitative estimate of drug-likeness (QED) is 0.684. The molecule has 0 amide bonds. The number of nitrogens with zero attached hydrogens (tertiary/aromatic N) is 1. The summed E-state index contributed by atoms with van der Waals surface area (Å²) in [5.74, 6) is 0.397. The summed E-state index contributed by atoms with van der Waals surface area (Å²) in [5.41, 5.74) is -0.400. The number of rotatable bonds is 5. The maximum atomic E-state index is 11.1. The normalized spacial score (nSPS) is 12.5. The van der Waals surface area contributed by atoms with Crippen molar-refractivity contribution in [3.63, 3.8) is 0 Å². The number of nitriles is 1. The number of hydrogen-bond donors (Lipinski definition) is 0. The van der Waals surface area contributed by atoms with E-state index in [2.05, 4.69) is 6.07 Å². The molecule has 0 aliphatic carbocycles. The first-order chi connectivity index (χ1) is 5.83. The zero-order valence-corrected chi connectivity index (χ0v) is 9.32. The highest BCUT2D eigenvalue weighted by molar-refractivity contribution is 7.91. The van der Waals surface area contributed by atoms with Crippen LogP contribution in [0.5, 0.6) is 0 Å². The second-order valence-electron chi connectivity index (χ2n) is 3.84. The van der Waals surface area contributed by atoms with Crippen molar-refractivity contribution in [3.8, 4) is 6.07 Å². The van der Waals surface area contributed by atoms with Gasteiger partial charge in [-0.25, -0.2) is 8.42 Å². The van der Waals surface area contributed by atoms with Crippen LogP contribution in [0.1, 0.15) is 33.6 Å². The monoisotopic (exact) mass is 203 g/mol. The number of sulfone groups is 1. The van der Waals surface area contributed by atoms with Crippen LogP contribution in [0.4, 0.5) is 0 Å². The van der Waals surface area contributed by atoms with E-state index in [1.165, 1.54) is 0 Å². The van der Waals surface area contributed by atoms with Crippen molar-refractivity contribution in [3.05, 3.63) is 0 Å². The summed E-state index contributed by atoms with van der Waals surface area (Å²) in [7, 11) is -2.86. The molecule has 0 aromatic rings. The molecule has 0 saturated carbocycles. The summed E-state index contributed by atoms with van der Waals surface area (Å²) in [6.07, 6.45) is 1.22. The van der Waals surface area contributed by atoms with E-state index >= 15 is 0 Å². The predicted molar refractivity (Wildman–Crippen MR) is 53.0 cm³/mol. The summed E-state index contributed by atoms with van der Waals surface area (Å²) in [6, 6.07) is 2.15. The molecule has 0 saturated heterocycles. The Kier molecular flexibility index (Phi) is 4.41. The van der Waals surface area contributed by atoms with Gasteiger partial charge < -0.3 is 0 Å². The lowest BCUT2D eigenvalue weighted by Crippen LogP contribution is -2.13. The summed E-state index contributed by atoms with van der Waals surface area (Å²) in [6.45, 7) is 5.29. The third-order valence-electron chi connectivity index (χ3n) is 2.00. The molecule has 0 spiro atoms. The Hall–Kier alpha value is -0.560. The summed E-state index contributed by atoms with van der Waals surface area (Å²) >= 11 is 0. The smallest absolute Gasteiger partial charge is 0.150 e. The topological polar surface area (TPSA) is 57.9 Å². The molecule has 13 heavy (non-hydrogen) atoms. The molecule has 0 aliphatic heterocycles. The van der Waals surface area contributed by atoms with E-state index in [9.17, 15) is 8.42 Å². The van der Waals surface area contributed by atoms with E-state index in [1.807, 2.05) is 13.8 Å². The second-order valence-corrected chi connectivity index (χ2v) is 6.31. The molecule has 3 nitrogen and oxygen atoms in total. The van der Waals surface area contributed by atoms with Gasteiger partial charge in [-0.05, 0) is 26.7 Å². The van der Waals surface area contributed by atoms with Gasteiger partial charge in [-0.3, -0.25) is 0 Å². The molecule has 0 fully saturated rings. The lowest BCUT2D eigenvalue weighted by Gasteiger charge is -2.13. The maximum Gasteiger partial charge on any atom is 0.150 e. The van der Waals surface area contributed by atoms with Crippen molar-refractivity contribution < 1.29 is 8.42 Å². The van der Waals surface area contributed by atoms with Crippen LogP contribution < -0.4 is 0 Å². The fourth-order valence-corrected chi connectivity index (χ4v) is 1.81. The van der Waals surface area contributed by atoms with Crippen LogP contribution in [0.15, 0.2) is 0 Å². The summed E-state index contributed by atoms with van der Waals surface area (Å²) in [5, 5.41) is 8.68. The van der Waals surface area contributed by atoms with Gasteiger partial charge in [0.05, 0.1) is 17.2 Å². The van der Waals surface area contributed by atoms with E-state index in [-0.39, 0.29) is 11.5 Å². The molecule has 0 aromatic heterocycles. The molecule has 0 aliphatic rings.